The SMILES string of the molecule is CN(C)Cc1ccc(CNC(=O)c2cccnc2SC(F)F)cc1. The first kappa shape index (κ1) is 18.4. The van der Waals surface area contributed by atoms with E-state index in [1.165, 1.54) is 17.8 Å². The molecule has 2 aromatic rings. The highest BCUT2D eigenvalue weighted by molar-refractivity contribution is 7.99. The first-order chi connectivity index (χ1) is 11.5. The van der Waals surface area contributed by atoms with Crippen LogP contribution in [0.5, 0.6) is 0 Å². The molecule has 0 atom stereocenters. The van der Waals surface area contributed by atoms with E-state index in [1.54, 1.807) is 6.07 Å². The van der Waals surface area contributed by atoms with Gasteiger partial charge >= 0.3 is 0 Å². The van der Waals surface area contributed by atoms with Crippen LogP contribution >= 0.6 is 11.8 Å². The molecule has 0 saturated carbocycles. The Morgan fingerprint density at radius 1 is 1.21 bits per heavy atom. The number of nitrogens with zero attached hydrogens (tertiary/aromatic N) is 2. The lowest BCUT2D eigenvalue weighted by Crippen LogP contribution is -2.23. The summed E-state index contributed by atoms with van der Waals surface area (Å²) < 4.78 is 25.1. The van der Waals surface area contributed by atoms with Crippen molar-refractivity contribution in [2.45, 2.75) is 23.9 Å². The number of nitrogens with one attached hydrogen (secondary N) is 1. The largest absolute Gasteiger partial charge is 0.348 e. The summed E-state index contributed by atoms with van der Waals surface area (Å²) in [6, 6.07) is 10.9. The highest BCUT2D eigenvalue weighted by atomic mass is 32.2. The molecule has 0 aliphatic rings. The van der Waals surface area contributed by atoms with Crippen molar-refractivity contribution in [1.29, 1.82) is 0 Å². The van der Waals surface area contributed by atoms with Gasteiger partial charge in [0.1, 0.15) is 5.03 Å². The molecule has 1 amide bonds. The average molecular weight is 351 g/mol. The number of hydrogen-bond donors (Lipinski definition) is 1. The zero-order valence-corrected chi connectivity index (χ0v) is 14.3. The maximum Gasteiger partial charge on any atom is 0.290 e. The van der Waals surface area contributed by atoms with Gasteiger partial charge in [0.2, 0.25) is 0 Å². The number of hydrogen-bond acceptors (Lipinski definition) is 4. The van der Waals surface area contributed by atoms with E-state index in [9.17, 15) is 13.6 Å². The molecular weight excluding hydrogens is 332 g/mol. The zero-order valence-electron chi connectivity index (χ0n) is 13.5. The van der Waals surface area contributed by atoms with Crippen molar-refractivity contribution >= 4 is 17.7 Å². The molecule has 0 aliphatic heterocycles. The Bertz CT molecular complexity index is 678. The fraction of sp³-hybridized carbons (Fsp3) is 0.294. The molecule has 0 bridgehead atoms. The number of benzene rings is 1. The van der Waals surface area contributed by atoms with E-state index in [-0.39, 0.29) is 22.4 Å². The topological polar surface area (TPSA) is 45.2 Å². The first-order valence-corrected chi connectivity index (χ1v) is 8.24. The van der Waals surface area contributed by atoms with Gasteiger partial charge in [0, 0.05) is 19.3 Å². The number of aromatic nitrogens is 1. The fourth-order valence-corrected chi connectivity index (χ4v) is 2.73. The predicted molar refractivity (Wildman–Crippen MR) is 91.1 cm³/mol. The lowest BCUT2D eigenvalue weighted by Gasteiger charge is -2.11. The van der Waals surface area contributed by atoms with Crippen LogP contribution in [0.25, 0.3) is 0 Å². The summed E-state index contributed by atoms with van der Waals surface area (Å²) in [5.74, 6) is -3.03. The van der Waals surface area contributed by atoms with Gasteiger partial charge in [-0.15, -0.1) is 0 Å². The molecule has 0 fully saturated rings. The lowest BCUT2D eigenvalue weighted by atomic mass is 10.1. The second-order valence-electron chi connectivity index (χ2n) is 5.47. The third kappa shape index (κ3) is 5.58. The number of amides is 1. The number of pyridine rings is 1. The van der Waals surface area contributed by atoms with E-state index in [4.69, 9.17) is 0 Å². The van der Waals surface area contributed by atoms with E-state index in [1.807, 2.05) is 38.4 Å². The second kappa shape index (κ2) is 8.75. The minimum atomic E-state index is -2.62. The standard InChI is InChI=1S/C17H19F2N3OS/c1-22(2)11-13-7-5-12(6-8-13)10-21-15(23)14-4-3-9-20-16(14)24-17(18)19/h3-9,17H,10-11H2,1-2H3,(H,21,23). The number of thioether (sulfide) groups is 1. The molecule has 24 heavy (non-hydrogen) atoms. The fourth-order valence-electron chi connectivity index (χ4n) is 2.15. The molecule has 4 nitrogen and oxygen atoms in total. The van der Waals surface area contributed by atoms with Gasteiger partial charge in [-0.3, -0.25) is 4.79 Å². The summed E-state index contributed by atoms with van der Waals surface area (Å²) in [4.78, 5) is 18.1. The van der Waals surface area contributed by atoms with E-state index < -0.39 is 11.7 Å². The Kier molecular flexibility index (Phi) is 6.69. The van der Waals surface area contributed by atoms with Crippen LogP contribution in [0.4, 0.5) is 8.78 Å². The first-order valence-electron chi connectivity index (χ1n) is 7.36. The van der Waals surface area contributed by atoms with Gasteiger partial charge in [-0.05, 0) is 49.1 Å². The van der Waals surface area contributed by atoms with E-state index in [2.05, 4.69) is 15.2 Å². The maximum absolute atomic E-state index is 12.5. The quantitative estimate of drug-likeness (QED) is 0.777. The number of carbonyl (C=O) groups is 1. The molecule has 2 rings (SSSR count). The summed E-state index contributed by atoms with van der Waals surface area (Å²) in [5, 5.41) is 2.78. The van der Waals surface area contributed by atoms with Crippen LogP contribution in [0.2, 0.25) is 0 Å². The summed E-state index contributed by atoms with van der Waals surface area (Å²) >= 11 is 0.273. The van der Waals surface area contributed by atoms with Crippen molar-refractivity contribution in [3.8, 4) is 0 Å². The Morgan fingerprint density at radius 3 is 2.50 bits per heavy atom. The third-order valence-electron chi connectivity index (χ3n) is 3.19. The van der Waals surface area contributed by atoms with Crippen molar-refractivity contribution in [3.63, 3.8) is 0 Å². The lowest BCUT2D eigenvalue weighted by molar-refractivity contribution is 0.0947. The highest BCUT2D eigenvalue weighted by Crippen LogP contribution is 2.26. The minimum absolute atomic E-state index is 0.0336. The normalized spacial score (nSPS) is 11.1. The molecular formula is C17H19F2N3OS. The molecule has 0 radical (unpaired) electrons. The molecule has 128 valence electrons. The van der Waals surface area contributed by atoms with Crippen LogP contribution in [0.15, 0.2) is 47.6 Å². The zero-order chi connectivity index (χ0) is 17.5. The Hall–Kier alpha value is -1.99. The molecule has 1 heterocycles. The monoisotopic (exact) mass is 351 g/mol. The van der Waals surface area contributed by atoms with Crippen LogP contribution < -0.4 is 5.32 Å². The van der Waals surface area contributed by atoms with Gasteiger partial charge in [-0.2, -0.15) is 8.78 Å². The number of carbonyl (C=O) groups excluding carboxylic acids is 1. The Balaban J connectivity index is 1.98. The number of rotatable bonds is 7. The van der Waals surface area contributed by atoms with Gasteiger partial charge in [-0.1, -0.05) is 24.3 Å². The van der Waals surface area contributed by atoms with Gasteiger partial charge in [0.05, 0.1) is 5.56 Å². The van der Waals surface area contributed by atoms with Crippen molar-refractivity contribution in [3.05, 3.63) is 59.3 Å². The summed E-state index contributed by atoms with van der Waals surface area (Å²) in [6.07, 6.45) is 1.39. The van der Waals surface area contributed by atoms with E-state index in [0.717, 1.165) is 12.1 Å². The predicted octanol–water partition coefficient (Wildman–Crippen LogP) is 3.39. The van der Waals surface area contributed by atoms with Crippen LogP contribution in [-0.4, -0.2) is 35.6 Å². The molecule has 0 spiro atoms. The van der Waals surface area contributed by atoms with Crippen LogP contribution in [0.3, 0.4) is 0 Å². The van der Waals surface area contributed by atoms with Crippen molar-refractivity contribution in [1.82, 2.24) is 15.2 Å². The van der Waals surface area contributed by atoms with Gasteiger partial charge in [-0.25, -0.2) is 4.98 Å². The number of alkyl halides is 2. The van der Waals surface area contributed by atoms with E-state index >= 15 is 0 Å². The second-order valence-corrected chi connectivity index (χ2v) is 6.45. The van der Waals surface area contributed by atoms with Crippen molar-refractivity contribution < 1.29 is 13.6 Å². The Labute approximate surface area is 144 Å². The Morgan fingerprint density at radius 2 is 1.88 bits per heavy atom. The van der Waals surface area contributed by atoms with Crippen LogP contribution in [0.1, 0.15) is 21.5 Å². The molecule has 0 aliphatic carbocycles. The number of halogens is 2. The van der Waals surface area contributed by atoms with Gasteiger partial charge in [0.25, 0.3) is 11.7 Å². The van der Waals surface area contributed by atoms with Gasteiger partial charge in [0.15, 0.2) is 0 Å². The summed E-state index contributed by atoms with van der Waals surface area (Å²) in [7, 11) is 3.99. The smallest absolute Gasteiger partial charge is 0.290 e. The molecule has 1 N–H and O–H groups in total. The van der Waals surface area contributed by atoms with Gasteiger partial charge < -0.3 is 10.2 Å². The summed E-state index contributed by atoms with van der Waals surface area (Å²) in [5.41, 5.74) is 2.28. The molecule has 1 aromatic carbocycles. The van der Waals surface area contributed by atoms with Crippen molar-refractivity contribution in [2.24, 2.45) is 0 Å². The highest BCUT2D eigenvalue weighted by Gasteiger charge is 2.16. The average Bonchev–Trinajstić information content (AvgIpc) is 2.53. The molecule has 7 heteroatoms. The molecule has 1 aromatic heterocycles. The minimum Gasteiger partial charge on any atom is -0.348 e. The summed E-state index contributed by atoms with van der Waals surface area (Å²) in [6.45, 7) is 1.17. The molecule has 0 saturated heterocycles. The molecule has 0 unspecified atom stereocenters. The maximum atomic E-state index is 12.5. The van der Waals surface area contributed by atoms with Crippen molar-refractivity contribution in [2.75, 3.05) is 14.1 Å². The van der Waals surface area contributed by atoms with E-state index in [0.29, 0.717) is 6.54 Å². The third-order valence-corrected chi connectivity index (χ3v) is 3.92. The van der Waals surface area contributed by atoms with Crippen LogP contribution in [-0.2, 0) is 13.1 Å². The van der Waals surface area contributed by atoms with Crippen LogP contribution in [0, 0.1) is 0 Å².